The molecule has 0 saturated heterocycles. The largest absolute Gasteiger partial charge is 0.493 e. The quantitative estimate of drug-likeness (QED) is 0.889. The Morgan fingerprint density at radius 3 is 2.36 bits per heavy atom. The van der Waals surface area contributed by atoms with E-state index in [-0.39, 0.29) is 5.75 Å². The summed E-state index contributed by atoms with van der Waals surface area (Å²) in [6.07, 6.45) is 0. The number of hydrogen-bond donors (Lipinski definition) is 1. The lowest BCUT2D eigenvalue weighted by atomic mass is 9.94. The molecule has 0 aromatic heterocycles. The Kier molecular flexibility index (Phi) is 3.17. The lowest BCUT2D eigenvalue weighted by Gasteiger charge is -2.23. The normalized spacial score (nSPS) is 11.6. The zero-order valence-electron chi connectivity index (χ0n) is 8.40. The lowest BCUT2D eigenvalue weighted by Crippen LogP contribution is -2.30. The minimum Gasteiger partial charge on any atom is -0.493 e. The maximum Gasteiger partial charge on any atom is 0.165 e. The summed E-state index contributed by atoms with van der Waals surface area (Å²) in [5, 5.41) is 0. The number of nitrogens with two attached hydrogens (primary N) is 1. The van der Waals surface area contributed by atoms with Gasteiger partial charge in [0.25, 0.3) is 0 Å². The first kappa shape index (κ1) is 11.5. The molecule has 0 spiro atoms. The minimum atomic E-state index is -0.647. The van der Waals surface area contributed by atoms with Crippen molar-refractivity contribution in [2.24, 2.45) is 5.73 Å². The molecular formula is C10H13BrFNO. The van der Waals surface area contributed by atoms with Crippen molar-refractivity contribution in [3.8, 4) is 5.75 Å². The Morgan fingerprint density at radius 1 is 1.43 bits per heavy atom. The highest BCUT2D eigenvalue weighted by molar-refractivity contribution is 9.10. The van der Waals surface area contributed by atoms with E-state index in [4.69, 9.17) is 10.5 Å². The molecule has 1 aromatic rings. The molecule has 0 radical (unpaired) electrons. The van der Waals surface area contributed by atoms with Gasteiger partial charge in [0.15, 0.2) is 11.6 Å². The molecule has 14 heavy (non-hydrogen) atoms. The number of halogens is 2. The van der Waals surface area contributed by atoms with Crippen LogP contribution in [-0.2, 0) is 5.54 Å². The molecule has 0 bridgehead atoms. The van der Waals surface area contributed by atoms with Gasteiger partial charge in [-0.15, -0.1) is 0 Å². The Labute approximate surface area is 91.4 Å². The summed E-state index contributed by atoms with van der Waals surface area (Å²) < 4.78 is 19.1. The molecule has 0 saturated carbocycles. The second kappa shape index (κ2) is 3.87. The molecule has 1 aromatic carbocycles. The van der Waals surface area contributed by atoms with Gasteiger partial charge in [0.1, 0.15) is 0 Å². The second-order valence-corrected chi connectivity index (χ2v) is 4.51. The highest BCUT2D eigenvalue weighted by Gasteiger charge is 2.24. The molecule has 0 amide bonds. The SMILES string of the molecule is COc1c(F)ccc(Br)c1C(C)(C)N. The van der Waals surface area contributed by atoms with E-state index in [1.807, 2.05) is 0 Å². The number of benzene rings is 1. The van der Waals surface area contributed by atoms with Crippen LogP contribution in [0.2, 0.25) is 0 Å². The predicted octanol–water partition coefficient (Wildman–Crippen LogP) is 2.79. The molecule has 4 heteroatoms. The standard InChI is InChI=1S/C10H13BrFNO/c1-10(2,13)8-6(11)4-5-7(12)9(8)14-3/h4-5H,13H2,1-3H3. The van der Waals surface area contributed by atoms with Crippen molar-refractivity contribution in [1.29, 1.82) is 0 Å². The molecule has 0 atom stereocenters. The van der Waals surface area contributed by atoms with E-state index < -0.39 is 11.4 Å². The summed E-state index contributed by atoms with van der Waals surface area (Å²) in [6, 6.07) is 2.97. The van der Waals surface area contributed by atoms with Gasteiger partial charge >= 0.3 is 0 Å². The molecule has 0 fully saturated rings. The number of methoxy groups -OCH3 is 1. The van der Waals surface area contributed by atoms with Crippen LogP contribution in [0.5, 0.6) is 5.75 Å². The predicted molar refractivity (Wildman–Crippen MR) is 57.9 cm³/mol. The van der Waals surface area contributed by atoms with E-state index in [2.05, 4.69) is 15.9 Å². The van der Waals surface area contributed by atoms with Crippen LogP contribution >= 0.6 is 15.9 Å². The molecule has 2 N–H and O–H groups in total. The highest BCUT2D eigenvalue weighted by Crippen LogP contribution is 2.36. The van der Waals surface area contributed by atoms with Gasteiger partial charge in [0.05, 0.1) is 7.11 Å². The Balaban J connectivity index is 3.46. The van der Waals surface area contributed by atoms with Crippen LogP contribution in [-0.4, -0.2) is 7.11 Å². The van der Waals surface area contributed by atoms with Gasteiger partial charge in [0, 0.05) is 15.6 Å². The van der Waals surface area contributed by atoms with Crippen LogP contribution in [0.15, 0.2) is 16.6 Å². The van der Waals surface area contributed by atoms with Crippen molar-refractivity contribution in [1.82, 2.24) is 0 Å². The fourth-order valence-electron chi connectivity index (χ4n) is 1.33. The number of ether oxygens (including phenoxy) is 1. The van der Waals surface area contributed by atoms with Crippen molar-refractivity contribution < 1.29 is 9.13 Å². The molecule has 0 unspecified atom stereocenters. The van der Waals surface area contributed by atoms with E-state index >= 15 is 0 Å². The smallest absolute Gasteiger partial charge is 0.165 e. The van der Waals surface area contributed by atoms with Gasteiger partial charge in [-0.05, 0) is 26.0 Å². The molecule has 0 aliphatic rings. The van der Waals surface area contributed by atoms with E-state index in [0.717, 1.165) is 4.47 Å². The first-order valence-electron chi connectivity index (χ1n) is 4.19. The topological polar surface area (TPSA) is 35.2 Å². The average Bonchev–Trinajstić information content (AvgIpc) is 2.06. The van der Waals surface area contributed by atoms with E-state index in [9.17, 15) is 4.39 Å². The van der Waals surface area contributed by atoms with Crippen LogP contribution < -0.4 is 10.5 Å². The number of hydrogen-bond acceptors (Lipinski definition) is 2. The third-order valence-electron chi connectivity index (χ3n) is 1.91. The third-order valence-corrected chi connectivity index (χ3v) is 2.57. The van der Waals surface area contributed by atoms with Crippen LogP contribution in [0.1, 0.15) is 19.4 Å². The molecule has 0 heterocycles. The summed E-state index contributed by atoms with van der Waals surface area (Å²) in [4.78, 5) is 0. The second-order valence-electron chi connectivity index (χ2n) is 3.66. The van der Waals surface area contributed by atoms with Crippen molar-refractivity contribution in [2.45, 2.75) is 19.4 Å². The van der Waals surface area contributed by atoms with Crippen molar-refractivity contribution in [2.75, 3.05) is 7.11 Å². The van der Waals surface area contributed by atoms with Crippen LogP contribution in [0, 0.1) is 5.82 Å². The maximum atomic E-state index is 13.4. The molecule has 1 rings (SSSR count). The monoisotopic (exact) mass is 261 g/mol. The molecular weight excluding hydrogens is 249 g/mol. The van der Waals surface area contributed by atoms with Gasteiger partial charge in [-0.25, -0.2) is 4.39 Å². The Morgan fingerprint density at radius 2 is 2.00 bits per heavy atom. The fourth-order valence-corrected chi connectivity index (χ4v) is 2.16. The molecule has 0 aliphatic heterocycles. The van der Waals surface area contributed by atoms with E-state index in [0.29, 0.717) is 5.56 Å². The summed E-state index contributed by atoms with van der Waals surface area (Å²) >= 11 is 3.33. The minimum absolute atomic E-state index is 0.201. The summed E-state index contributed by atoms with van der Waals surface area (Å²) in [6.45, 7) is 3.60. The Hall–Kier alpha value is -0.610. The van der Waals surface area contributed by atoms with Gasteiger partial charge < -0.3 is 10.5 Å². The summed E-state index contributed by atoms with van der Waals surface area (Å²) in [7, 11) is 1.43. The van der Waals surface area contributed by atoms with Crippen molar-refractivity contribution in [3.63, 3.8) is 0 Å². The first-order chi connectivity index (χ1) is 6.38. The van der Waals surface area contributed by atoms with Crippen molar-refractivity contribution >= 4 is 15.9 Å². The molecule has 2 nitrogen and oxygen atoms in total. The van der Waals surface area contributed by atoms with Gasteiger partial charge in [-0.3, -0.25) is 0 Å². The zero-order chi connectivity index (χ0) is 10.9. The molecule has 0 aliphatic carbocycles. The molecule has 78 valence electrons. The van der Waals surface area contributed by atoms with E-state index in [1.54, 1.807) is 19.9 Å². The van der Waals surface area contributed by atoms with Gasteiger partial charge in [-0.1, -0.05) is 15.9 Å². The summed E-state index contributed by atoms with van der Waals surface area (Å²) in [5.41, 5.74) is 5.92. The van der Waals surface area contributed by atoms with Gasteiger partial charge in [0.2, 0.25) is 0 Å². The maximum absolute atomic E-state index is 13.4. The van der Waals surface area contributed by atoms with Crippen LogP contribution in [0.3, 0.4) is 0 Å². The van der Waals surface area contributed by atoms with E-state index in [1.165, 1.54) is 13.2 Å². The van der Waals surface area contributed by atoms with Gasteiger partial charge in [-0.2, -0.15) is 0 Å². The third kappa shape index (κ3) is 2.07. The Bertz CT molecular complexity index is 347. The van der Waals surface area contributed by atoms with Crippen molar-refractivity contribution in [3.05, 3.63) is 28.0 Å². The number of rotatable bonds is 2. The lowest BCUT2D eigenvalue weighted by molar-refractivity contribution is 0.367. The summed E-state index contributed by atoms with van der Waals surface area (Å²) in [5.74, 6) is -0.198. The average molecular weight is 262 g/mol. The van der Waals surface area contributed by atoms with Crippen LogP contribution in [0.4, 0.5) is 4.39 Å². The highest BCUT2D eigenvalue weighted by atomic mass is 79.9. The zero-order valence-corrected chi connectivity index (χ0v) is 9.98. The first-order valence-corrected chi connectivity index (χ1v) is 4.98. The van der Waals surface area contributed by atoms with Crippen LogP contribution in [0.25, 0.3) is 0 Å². The fraction of sp³-hybridized carbons (Fsp3) is 0.400.